The fourth-order valence-electron chi connectivity index (χ4n) is 2.87. The van der Waals surface area contributed by atoms with Gasteiger partial charge in [-0.3, -0.25) is 9.59 Å². The van der Waals surface area contributed by atoms with Crippen molar-refractivity contribution in [2.75, 3.05) is 19.6 Å². The number of likely N-dealkylation sites (tertiary alicyclic amines) is 1. The van der Waals surface area contributed by atoms with Crippen LogP contribution in [0, 0.1) is 6.92 Å². The number of nitrogens with two attached hydrogens (primary N) is 1. The minimum absolute atomic E-state index is 0. The average Bonchev–Trinajstić information content (AvgIpc) is 2.55. The van der Waals surface area contributed by atoms with Gasteiger partial charge in [-0.15, -0.1) is 12.4 Å². The predicted molar refractivity (Wildman–Crippen MR) is 98.8 cm³/mol. The molecule has 1 saturated heterocycles. The number of nitrogens with one attached hydrogen (secondary N) is 1. The Morgan fingerprint density at radius 3 is 2.79 bits per heavy atom. The van der Waals surface area contributed by atoms with Crippen molar-refractivity contribution in [1.29, 1.82) is 0 Å². The van der Waals surface area contributed by atoms with Gasteiger partial charge in [0.25, 0.3) is 5.91 Å². The molecule has 1 aromatic carbocycles. The maximum absolute atomic E-state index is 12.8. The van der Waals surface area contributed by atoms with E-state index in [1.54, 1.807) is 12.1 Å². The number of carbonyl (C=O) groups excluding carboxylic acids is 2. The van der Waals surface area contributed by atoms with Crippen LogP contribution in [-0.4, -0.2) is 42.4 Å². The van der Waals surface area contributed by atoms with Crippen LogP contribution in [0.4, 0.5) is 0 Å². The zero-order valence-electron chi connectivity index (χ0n) is 13.9. The fraction of sp³-hybridized carbons (Fsp3) is 0.529. The van der Waals surface area contributed by atoms with Gasteiger partial charge in [0.2, 0.25) is 5.91 Å². The summed E-state index contributed by atoms with van der Waals surface area (Å²) in [5, 5.41) is 3.53. The van der Waals surface area contributed by atoms with Gasteiger partial charge in [0.15, 0.2) is 0 Å². The summed E-state index contributed by atoms with van der Waals surface area (Å²) in [5.74, 6) is -0.0599. The predicted octanol–water partition coefficient (Wildman–Crippen LogP) is 2.53. The molecule has 1 atom stereocenters. The van der Waals surface area contributed by atoms with Gasteiger partial charge in [-0.05, 0) is 49.9 Å². The highest BCUT2D eigenvalue weighted by Crippen LogP contribution is 2.22. The van der Waals surface area contributed by atoms with E-state index in [2.05, 4.69) is 5.32 Å². The third-order valence-corrected chi connectivity index (χ3v) is 4.62. The monoisotopic (exact) mass is 373 g/mol. The molecule has 1 aliphatic heterocycles. The smallest absolute Gasteiger partial charge is 0.254 e. The molecule has 1 aliphatic rings. The Hall–Kier alpha value is -1.30. The molecular formula is C17H25Cl2N3O2. The maximum Gasteiger partial charge on any atom is 0.254 e. The van der Waals surface area contributed by atoms with E-state index in [0.29, 0.717) is 30.1 Å². The number of aryl methyl sites for hydroxylation is 1. The van der Waals surface area contributed by atoms with Crippen LogP contribution in [0.2, 0.25) is 5.02 Å². The lowest BCUT2D eigenvalue weighted by molar-refractivity contribution is -0.121. The highest BCUT2D eigenvalue weighted by atomic mass is 35.5. The number of piperidine rings is 1. The topological polar surface area (TPSA) is 75.4 Å². The Morgan fingerprint density at radius 2 is 2.12 bits per heavy atom. The van der Waals surface area contributed by atoms with Crippen LogP contribution in [0.15, 0.2) is 18.2 Å². The number of carbonyl (C=O) groups is 2. The number of hydrogen-bond acceptors (Lipinski definition) is 3. The standard InChI is InChI=1S/C17H24ClN3O2.ClH/c1-12-10-13(5-6-15(12)18)17(23)21-9-3-2-4-14(21)11-20-16(22)7-8-19;/h5-6,10,14H,2-4,7-9,11,19H2,1H3,(H,20,22);1H. The lowest BCUT2D eigenvalue weighted by Crippen LogP contribution is -2.49. The van der Waals surface area contributed by atoms with Gasteiger partial charge in [-0.1, -0.05) is 11.6 Å². The van der Waals surface area contributed by atoms with Crippen LogP contribution < -0.4 is 11.1 Å². The Bertz CT molecular complexity index is 581. The Morgan fingerprint density at radius 1 is 1.38 bits per heavy atom. The highest BCUT2D eigenvalue weighted by molar-refractivity contribution is 6.31. The largest absolute Gasteiger partial charge is 0.354 e. The zero-order valence-corrected chi connectivity index (χ0v) is 15.5. The van der Waals surface area contributed by atoms with Crippen molar-refractivity contribution >= 4 is 35.8 Å². The molecule has 1 fully saturated rings. The van der Waals surface area contributed by atoms with Gasteiger partial charge in [0, 0.05) is 42.7 Å². The molecule has 0 bridgehead atoms. The molecule has 0 radical (unpaired) electrons. The molecule has 1 aromatic rings. The molecule has 134 valence electrons. The lowest BCUT2D eigenvalue weighted by Gasteiger charge is -2.36. The van der Waals surface area contributed by atoms with Crippen molar-refractivity contribution in [1.82, 2.24) is 10.2 Å². The first-order valence-corrected chi connectivity index (χ1v) is 8.44. The third-order valence-electron chi connectivity index (χ3n) is 4.20. The Labute approximate surface area is 154 Å². The van der Waals surface area contributed by atoms with Crippen molar-refractivity contribution in [2.45, 2.75) is 38.6 Å². The van der Waals surface area contributed by atoms with E-state index in [9.17, 15) is 9.59 Å². The van der Waals surface area contributed by atoms with E-state index >= 15 is 0 Å². The second-order valence-electron chi connectivity index (χ2n) is 5.95. The molecule has 0 aliphatic carbocycles. The summed E-state index contributed by atoms with van der Waals surface area (Å²) >= 11 is 6.03. The Balaban J connectivity index is 0.00000288. The zero-order chi connectivity index (χ0) is 16.8. The number of rotatable bonds is 5. The van der Waals surface area contributed by atoms with E-state index in [-0.39, 0.29) is 30.3 Å². The summed E-state index contributed by atoms with van der Waals surface area (Å²) in [4.78, 5) is 26.3. The number of amides is 2. The highest BCUT2D eigenvalue weighted by Gasteiger charge is 2.27. The number of nitrogens with zero attached hydrogens (tertiary/aromatic N) is 1. The maximum atomic E-state index is 12.8. The molecule has 7 heteroatoms. The van der Waals surface area contributed by atoms with Gasteiger partial charge in [-0.25, -0.2) is 0 Å². The average molecular weight is 374 g/mol. The minimum Gasteiger partial charge on any atom is -0.354 e. The van der Waals surface area contributed by atoms with Crippen LogP contribution in [0.5, 0.6) is 0 Å². The van der Waals surface area contributed by atoms with Crippen molar-refractivity contribution in [2.24, 2.45) is 5.73 Å². The second-order valence-corrected chi connectivity index (χ2v) is 6.36. The van der Waals surface area contributed by atoms with E-state index in [1.165, 1.54) is 0 Å². The van der Waals surface area contributed by atoms with Crippen LogP contribution >= 0.6 is 24.0 Å². The molecular weight excluding hydrogens is 349 g/mol. The molecule has 3 N–H and O–H groups in total. The fourth-order valence-corrected chi connectivity index (χ4v) is 2.99. The van der Waals surface area contributed by atoms with Gasteiger partial charge >= 0.3 is 0 Å². The quantitative estimate of drug-likeness (QED) is 0.832. The SMILES string of the molecule is Cc1cc(C(=O)N2CCCCC2CNC(=O)CCN)ccc1Cl.Cl. The summed E-state index contributed by atoms with van der Waals surface area (Å²) < 4.78 is 0. The molecule has 5 nitrogen and oxygen atoms in total. The normalized spacial score (nSPS) is 17.1. The van der Waals surface area contributed by atoms with E-state index in [4.69, 9.17) is 17.3 Å². The summed E-state index contributed by atoms with van der Waals surface area (Å²) in [7, 11) is 0. The molecule has 2 amide bonds. The van der Waals surface area contributed by atoms with Crippen molar-refractivity contribution < 1.29 is 9.59 Å². The van der Waals surface area contributed by atoms with Crippen LogP contribution in [-0.2, 0) is 4.79 Å². The number of hydrogen-bond donors (Lipinski definition) is 2. The lowest BCUT2D eigenvalue weighted by atomic mass is 10.00. The van der Waals surface area contributed by atoms with E-state index in [1.807, 2.05) is 17.9 Å². The van der Waals surface area contributed by atoms with Gasteiger partial charge in [-0.2, -0.15) is 0 Å². The van der Waals surface area contributed by atoms with Gasteiger partial charge in [0.05, 0.1) is 0 Å². The molecule has 1 heterocycles. The third kappa shape index (κ3) is 5.36. The summed E-state index contributed by atoms with van der Waals surface area (Å²) in [6.07, 6.45) is 3.28. The van der Waals surface area contributed by atoms with Crippen molar-refractivity contribution in [3.63, 3.8) is 0 Å². The Kier molecular flexibility index (Phi) is 8.53. The van der Waals surface area contributed by atoms with E-state index in [0.717, 1.165) is 31.4 Å². The summed E-state index contributed by atoms with van der Waals surface area (Å²) in [6.45, 7) is 3.43. The molecule has 0 aromatic heterocycles. The first kappa shape index (κ1) is 20.7. The molecule has 0 spiro atoms. The van der Waals surface area contributed by atoms with Crippen LogP contribution in [0.25, 0.3) is 0 Å². The van der Waals surface area contributed by atoms with Crippen molar-refractivity contribution in [3.8, 4) is 0 Å². The minimum atomic E-state index is -0.0622. The first-order valence-electron chi connectivity index (χ1n) is 8.07. The van der Waals surface area contributed by atoms with Crippen molar-refractivity contribution in [3.05, 3.63) is 34.3 Å². The molecule has 0 saturated carbocycles. The van der Waals surface area contributed by atoms with Gasteiger partial charge < -0.3 is 16.0 Å². The first-order chi connectivity index (χ1) is 11.0. The number of halogens is 2. The molecule has 1 unspecified atom stereocenters. The van der Waals surface area contributed by atoms with Crippen LogP contribution in [0.1, 0.15) is 41.6 Å². The number of benzene rings is 1. The summed E-state index contributed by atoms with van der Waals surface area (Å²) in [6, 6.07) is 5.38. The second kappa shape index (κ2) is 9.87. The summed E-state index contributed by atoms with van der Waals surface area (Å²) in [5.41, 5.74) is 6.92. The van der Waals surface area contributed by atoms with Crippen LogP contribution in [0.3, 0.4) is 0 Å². The van der Waals surface area contributed by atoms with E-state index < -0.39 is 0 Å². The molecule has 24 heavy (non-hydrogen) atoms. The van der Waals surface area contributed by atoms with Gasteiger partial charge in [0.1, 0.15) is 0 Å². The molecule has 2 rings (SSSR count).